The van der Waals surface area contributed by atoms with Gasteiger partial charge in [-0.3, -0.25) is 4.90 Å². The summed E-state index contributed by atoms with van der Waals surface area (Å²) in [6.45, 7) is 9.13. The van der Waals surface area contributed by atoms with E-state index in [9.17, 15) is 5.11 Å². The Morgan fingerprint density at radius 1 is 1.17 bits per heavy atom. The highest BCUT2D eigenvalue weighted by Gasteiger charge is 2.31. The fraction of sp³-hybridized carbons (Fsp3) is 0.889. The topological polar surface area (TPSA) is 63.4 Å². The molecule has 6 heteroatoms. The highest BCUT2D eigenvalue weighted by Crippen LogP contribution is 2.31. The largest absolute Gasteiger partial charge is 0.389 e. The van der Waals surface area contributed by atoms with Crippen LogP contribution in [0.15, 0.2) is 0 Å². The Morgan fingerprint density at radius 3 is 2.75 bits per heavy atom. The number of ether oxygens (including phenoxy) is 1. The van der Waals surface area contributed by atoms with Gasteiger partial charge in [-0.05, 0) is 53.0 Å². The summed E-state index contributed by atoms with van der Waals surface area (Å²) in [5.74, 6) is 2.24. The van der Waals surface area contributed by atoms with E-state index in [1.807, 2.05) is 20.8 Å². The number of aliphatic hydroxyl groups excluding tert-OH is 1. The van der Waals surface area contributed by atoms with Gasteiger partial charge < -0.3 is 14.4 Å². The molecule has 2 aliphatic heterocycles. The predicted molar refractivity (Wildman–Crippen MR) is 92.8 cm³/mol. The first-order chi connectivity index (χ1) is 11.4. The minimum absolute atomic E-state index is 0.214. The normalized spacial score (nSPS) is 23.9. The lowest BCUT2D eigenvalue weighted by molar-refractivity contribution is -0.0615. The summed E-state index contributed by atoms with van der Waals surface area (Å²) in [6, 6.07) is 0.280. The van der Waals surface area contributed by atoms with E-state index in [0.29, 0.717) is 13.2 Å². The molecule has 0 spiro atoms. The second kappa shape index (κ2) is 7.50. The van der Waals surface area contributed by atoms with Crippen LogP contribution in [-0.4, -0.2) is 56.2 Å². The molecule has 3 heterocycles. The van der Waals surface area contributed by atoms with Crippen molar-refractivity contribution >= 4 is 0 Å². The summed E-state index contributed by atoms with van der Waals surface area (Å²) in [7, 11) is 0. The van der Waals surface area contributed by atoms with Gasteiger partial charge in [0.2, 0.25) is 0 Å². The lowest BCUT2D eigenvalue weighted by atomic mass is 10.00. The zero-order valence-electron chi connectivity index (χ0n) is 15.4. The summed E-state index contributed by atoms with van der Waals surface area (Å²) >= 11 is 0. The molecular weight excluding hydrogens is 304 g/mol. The Balaban J connectivity index is 1.66. The van der Waals surface area contributed by atoms with Gasteiger partial charge in [0.15, 0.2) is 0 Å². The number of piperidine rings is 1. The average Bonchev–Trinajstić information content (AvgIpc) is 2.97. The van der Waals surface area contributed by atoms with Crippen molar-refractivity contribution in [2.75, 3.05) is 19.7 Å². The molecule has 0 bridgehead atoms. The van der Waals surface area contributed by atoms with Gasteiger partial charge in [-0.15, -0.1) is 10.2 Å². The second-order valence-corrected chi connectivity index (χ2v) is 8.17. The number of nitrogens with zero attached hydrogens (tertiary/aromatic N) is 4. The van der Waals surface area contributed by atoms with Crippen LogP contribution in [0.1, 0.15) is 70.6 Å². The predicted octanol–water partition coefficient (Wildman–Crippen LogP) is 2.32. The van der Waals surface area contributed by atoms with Gasteiger partial charge in [0.25, 0.3) is 0 Å². The van der Waals surface area contributed by atoms with E-state index in [0.717, 1.165) is 37.6 Å². The van der Waals surface area contributed by atoms with Crippen LogP contribution in [0.2, 0.25) is 0 Å². The van der Waals surface area contributed by atoms with E-state index in [1.165, 1.54) is 25.7 Å². The van der Waals surface area contributed by atoms with Crippen LogP contribution in [0.25, 0.3) is 0 Å². The maximum atomic E-state index is 10.4. The molecule has 1 aromatic rings. The molecule has 0 aromatic carbocycles. The smallest absolute Gasteiger partial charge is 0.150 e. The fourth-order valence-electron chi connectivity index (χ4n) is 3.75. The fourth-order valence-corrected chi connectivity index (χ4v) is 3.75. The lowest BCUT2D eigenvalue weighted by Crippen LogP contribution is -2.42. The van der Waals surface area contributed by atoms with Gasteiger partial charge in [-0.25, -0.2) is 0 Å². The molecule has 6 nitrogen and oxygen atoms in total. The number of aryl methyl sites for hydroxylation is 1. The minimum atomic E-state index is -0.464. The van der Waals surface area contributed by atoms with E-state index < -0.39 is 6.10 Å². The number of aromatic nitrogens is 3. The van der Waals surface area contributed by atoms with Crippen LogP contribution in [0, 0.1) is 0 Å². The van der Waals surface area contributed by atoms with E-state index in [4.69, 9.17) is 4.74 Å². The van der Waals surface area contributed by atoms with Crippen molar-refractivity contribution in [2.45, 2.75) is 83.6 Å². The van der Waals surface area contributed by atoms with Crippen molar-refractivity contribution < 1.29 is 9.84 Å². The molecule has 3 rings (SSSR count). The van der Waals surface area contributed by atoms with Crippen LogP contribution >= 0.6 is 0 Å². The third kappa shape index (κ3) is 4.35. The summed E-state index contributed by atoms with van der Waals surface area (Å²) in [5, 5.41) is 19.3. The molecule has 1 N–H and O–H groups in total. The molecule has 1 fully saturated rings. The first-order valence-electron chi connectivity index (χ1n) is 9.42. The van der Waals surface area contributed by atoms with Gasteiger partial charge in [0, 0.05) is 19.5 Å². The van der Waals surface area contributed by atoms with Gasteiger partial charge in [0.05, 0.1) is 24.4 Å². The number of β-amino-alcohol motifs (C(OH)–C–C–N with tert-alkyl or cyclic N) is 1. The van der Waals surface area contributed by atoms with Crippen LogP contribution in [0.3, 0.4) is 0 Å². The number of likely N-dealkylation sites (tertiary alicyclic amines) is 1. The van der Waals surface area contributed by atoms with Gasteiger partial charge >= 0.3 is 0 Å². The molecule has 136 valence electrons. The van der Waals surface area contributed by atoms with Gasteiger partial charge in [-0.1, -0.05) is 6.42 Å². The van der Waals surface area contributed by atoms with Crippen molar-refractivity contribution in [1.82, 2.24) is 19.7 Å². The highest BCUT2D eigenvalue weighted by atomic mass is 16.5. The molecule has 0 radical (unpaired) electrons. The standard InChI is InChI=1S/C18H32N4O2/c1-18(2,3)24-13-14(23)12-21-10-6-4-8-15(21)17-20-19-16-9-5-7-11-22(16)17/h14-15,23H,4-13H2,1-3H3/t14-,15+/m1/s1. The molecule has 2 atom stereocenters. The van der Waals surface area contributed by atoms with Crippen molar-refractivity contribution in [2.24, 2.45) is 0 Å². The molecule has 0 unspecified atom stereocenters. The van der Waals surface area contributed by atoms with Crippen molar-refractivity contribution in [3.63, 3.8) is 0 Å². The molecule has 2 aliphatic rings. The molecule has 1 aromatic heterocycles. The van der Waals surface area contributed by atoms with Gasteiger partial charge in [0.1, 0.15) is 11.6 Å². The van der Waals surface area contributed by atoms with E-state index in [1.54, 1.807) is 0 Å². The lowest BCUT2D eigenvalue weighted by Gasteiger charge is -2.37. The number of hydrogen-bond donors (Lipinski definition) is 1. The first-order valence-corrected chi connectivity index (χ1v) is 9.42. The first kappa shape index (κ1) is 17.8. The third-order valence-corrected chi connectivity index (χ3v) is 4.95. The van der Waals surface area contributed by atoms with Crippen molar-refractivity contribution in [3.8, 4) is 0 Å². The number of aliphatic hydroxyl groups is 1. The Morgan fingerprint density at radius 2 is 1.96 bits per heavy atom. The zero-order valence-corrected chi connectivity index (χ0v) is 15.4. The molecule has 24 heavy (non-hydrogen) atoms. The molecular formula is C18H32N4O2. The number of hydrogen-bond acceptors (Lipinski definition) is 5. The second-order valence-electron chi connectivity index (χ2n) is 8.17. The Bertz CT molecular complexity index is 538. The molecule has 1 saturated heterocycles. The number of rotatable bonds is 5. The molecule has 0 amide bonds. The summed E-state index contributed by atoms with van der Waals surface area (Å²) in [5.41, 5.74) is -0.214. The van der Waals surface area contributed by atoms with Gasteiger partial charge in [-0.2, -0.15) is 0 Å². The van der Waals surface area contributed by atoms with Crippen molar-refractivity contribution in [3.05, 3.63) is 11.6 Å². The van der Waals surface area contributed by atoms with Crippen LogP contribution < -0.4 is 0 Å². The zero-order chi connectivity index (χ0) is 17.2. The Hall–Kier alpha value is -0.980. The maximum Gasteiger partial charge on any atom is 0.150 e. The summed E-state index contributed by atoms with van der Waals surface area (Å²) in [4.78, 5) is 2.38. The SMILES string of the molecule is CC(C)(C)OC[C@H](O)CN1CCCC[C@H]1c1nnc2n1CCCC2. The van der Waals surface area contributed by atoms with Crippen LogP contribution in [0.4, 0.5) is 0 Å². The van der Waals surface area contributed by atoms with Crippen LogP contribution in [0.5, 0.6) is 0 Å². The summed E-state index contributed by atoms with van der Waals surface area (Å²) in [6.07, 6.45) is 6.52. The van der Waals surface area contributed by atoms with E-state index in [2.05, 4.69) is 19.7 Å². The molecule has 0 aliphatic carbocycles. The monoisotopic (exact) mass is 336 g/mol. The highest BCUT2D eigenvalue weighted by molar-refractivity contribution is 5.05. The maximum absolute atomic E-state index is 10.4. The van der Waals surface area contributed by atoms with Crippen molar-refractivity contribution in [1.29, 1.82) is 0 Å². The van der Waals surface area contributed by atoms with E-state index >= 15 is 0 Å². The summed E-state index contributed by atoms with van der Waals surface area (Å²) < 4.78 is 8.06. The third-order valence-electron chi connectivity index (χ3n) is 4.95. The minimum Gasteiger partial charge on any atom is -0.389 e. The Kier molecular flexibility index (Phi) is 5.57. The number of fused-ring (bicyclic) bond motifs is 1. The van der Waals surface area contributed by atoms with Crippen LogP contribution in [-0.2, 0) is 17.7 Å². The quantitative estimate of drug-likeness (QED) is 0.894. The Labute approximate surface area is 145 Å². The average molecular weight is 336 g/mol. The molecule has 0 saturated carbocycles. The van der Waals surface area contributed by atoms with E-state index in [-0.39, 0.29) is 11.6 Å².